The molecule has 2 N–H and O–H groups in total. The average molecular weight is 210 g/mol. The number of nitrogens with one attached hydrogen (secondary N) is 1. The Hall–Kier alpha value is -1.29. The van der Waals surface area contributed by atoms with Crippen LogP contribution in [0.15, 0.2) is 18.3 Å². The number of hydrogen-bond donors (Lipinski definition) is 2. The van der Waals surface area contributed by atoms with E-state index in [0.717, 1.165) is 18.7 Å². The van der Waals surface area contributed by atoms with E-state index in [4.69, 9.17) is 5.11 Å². The van der Waals surface area contributed by atoms with Crippen LogP contribution in [0.3, 0.4) is 0 Å². The normalized spacial score (nSPS) is 12.7. The molecule has 0 aliphatic rings. The van der Waals surface area contributed by atoms with Crippen LogP contribution in [0.25, 0.3) is 0 Å². The monoisotopic (exact) mass is 210 g/mol. The lowest BCUT2D eigenvalue weighted by molar-refractivity contribution is -0.139. The molecule has 1 heterocycles. The molecule has 1 aromatic rings. The van der Waals surface area contributed by atoms with E-state index in [2.05, 4.69) is 16.8 Å². The number of nitrogens with zero attached hydrogens (tertiary/aromatic N) is 1. The van der Waals surface area contributed by atoms with Gasteiger partial charge in [-0.15, -0.1) is 0 Å². The van der Waals surface area contributed by atoms with Crippen molar-refractivity contribution in [3.63, 3.8) is 0 Å². The van der Waals surface area contributed by atoms with Crippen molar-refractivity contribution in [2.24, 2.45) is 0 Å². The second kappa shape index (κ2) is 5.56. The van der Waals surface area contributed by atoms with E-state index in [1.165, 1.54) is 0 Å². The van der Waals surface area contributed by atoms with Crippen LogP contribution < -0.4 is 5.32 Å². The topological polar surface area (TPSA) is 54.3 Å². The maximum atomic E-state index is 10.6. The van der Waals surface area contributed by atoms with E-state index >= 15 is 0 Å². The summed E-state index contributed by atoms with van der Waals surface area (Å²) < 4.78 is 2.14. The molecule has 1 rings (SSSR count). The number of carboxylic acids is 1. The molecular weight excluding hydrogens is 192 g/mol. The van der Waals surface area contributed by atoms with Gasteiger partial charge in [0.1, 0.15) is 6.04 Å². The molecule has 0 radical (unpaired) electrons. The highest BCUT2D eigenvalue weighted by molar-refractivity contribution is 5.72. The summed E-state index contributed by atoms with van der Waals surface area (Å²) in [6.45, 7) is 5.35. The van der Waals surface area contributed by atoms with Gasteiger partial charge in [0.25, 0.3) is 0 Å². The molecule has 0 aromatic carbocycles. The largest absolute Gasteiger partial charge is 0.480 e. The van der Waals surface area contributed by atoms with Crippen LogP contribution in [-0.2, 0) is 17.9 Å². The maximum absolute atomic E-state index is 10.6. The first kappa shape index (κ1) is 11.8. The van der Waals surface area contributed by atoms with Crippen molar-refractivity contribution in [1.82, 2.24) is 9.88 Å². The van der Waals surface area contributed by atoms with Gasteiger partial charge < -0.3 is 9.67 Å². The summed E-state index contributed by atoms with van der Waals surface area (Å²) >= 11 is 0. The van der Waals surface area contributed by atoms with Crippen LogP contribution in [0.2, 0.25) is 0 Å². The minimum absolute atomic E-state index is 0.505. The fourth-order valence-corrected chi connectivity index (χ4v) is 1.41. The standard InChI is InChI=1S/C11H18N2O2/c1-3-6-13-7-4-5-10(13)8-12-9(2)11(14)15/h4-5,7,9,12H,3,6,8H2,1-2H3,(H,14,15). The van der Waals surface area contributed by atoms with Gasteiger partial charge in [-0.3, -0.25) is 10.1 Å². The summed E-state index contributed by atoms with van der Waals surface area (Å²) in [5.41, 5.74) is 1.13. The molecule has 4 heteroatoms. The summed E-state index contributed by atoms with van der Waals surface area (Å²) in [6.07, 6.45) is 3.10. The van der Waals surface area contributed by atoms with Crippen molar-refractivity contribution in [2.45, 2.75) is 39.4 Å². The van der Waals surface area contributed by atoms with Crippen LogP contribution in [0.5, 0.6) is 0 Å². The summed E-state index contributed by atoms with van der Waals surface area (Å²) in [5, 5.41) is 11.7. The Morgan fingerprint density at radius 1 is 1.67 bits per heavy atom. The zero-order chi connectivity index (χ0) is 11.3. The summed E-state index contributed by atoms with van der Waals surface area (Å²) in [5.74, 6) is -0.816. The quantitative estimate of drug-likeness (QED) is 0.747. The maximum Gasteiger partial charge on any atom is 0.320 e. The molecule has 0 spiro atoms. The molecule has 84 valence electrons. The van der Waals surface area contributed by atoms with Crippen LogP contribution in [0, 0.1) is 0 Å². The van der Waals surface area contributed by atoms with E-state index in [0.29, 0.717) is 6.54 Å². The first-order valence-corrected chi connectivity index (χ1v) is 5.25. The molecule has 0 saturated carbocycles. The predicted octanol–water partition coefficient (Wildman–Crippen LogP) is 1.46. The highest BCUT2D eigenvalue weighted by Gasteiger charge is 2.10. The summed E-state index contributed by atoms with van der Waals surface area (Å²) in [4.78, 5) is 10.6. The fourth-order valence-electron chi connectivity index (χ4n) is 1.41. The SMILES string of the molecule is CCCn1cccc1CNC(C)C(=O)O. The molecule has 1 atom stereocenters. The highest BCUT2D eigenvalue weighted by Crippen LogP contribution is 2.03. The van der Waals surface area contributed by atoms with Gasteiger partial charge in [-0.05, 0) is 25.5 Å². The molecule has 0 aliphatic heterocycles. The van der Waals surface area contributed by atoms with Gasteiger partial charge in [-0.25, -0.2) is 0 Å². The Morgan fingerprint density at radius 2 is 2.40 bits per heavy atom. The van der Waals surface area contributed by atoms with Gasteiger partial charge in [-0.2, -0.15) is 0 Å². The van der Waals surface area contributed by atoms with Crippen molar-refractivity contribution in [1.29, 1.82) is 0 Å². The third-order valence-electron chi connectivity index (χ3n) is 2.35. The fraction of sp³-hybridized carbons (Fsp3) is 0.545. The second-order valence-corrected chi connectivity index (χ2v) is 3.63. The van der Waals surface area contributed by atoms with Crippen LogP contribution in [0.1, 0.15) is 26.0 Å². The van der Waals surface area contributed by atoms with E-state index in [-0.39, 0.29) is 0 Å². The molecule has 1 unspecified atom stereocenters. The van der Waals surface area contributed by atoms with E-state index in [1.54, 1.807) is 6.92 Å². The first-order valence-electron chi connectivity index (χ1n) is 5.25. The average Bonchev–Trinajstić information content (AvgIpc) is 2.62. The number of carboxylic acid groups (broad SMARTS) is 1. The van der Waals surface area contributed by atoms with Crippen molar-refractivity contribution < 1.29 is 9.90 Å². The summed E-state index contributed by atoms with van der Waals surface area (Å²) in [6, 6.07) is 3.49. The Bertz CT molecular complexity index is 320. The van der Waals surface area contributed by atoms with Gasteiger partial charge in [0.15, 0.2) is 0 Å². The van der Waals surface area contributed by atoms with Gasteiger partial charge in [0.05, 0.1) is 0 Å². The lowest BCUT2D eigenvalue weighted by atomic mass is 10.3. The van der Waals surface area contributed by atoms with Gasteiger partial charge in [0.2, 0.25) is 0 Å². The minimum atomic E-state index is -0.816. The molecular formula is C11H18N2O2. The number of aryl methyl sites for hydroxylation is 1. The van der Waals surface area contributed by atoms with Gasteiger partial charge in [0, 0.05) is 25.0 Å². The lowest BCUT2D eigenvalue weighted by Crippen LogP contribution is -2.33. The number of hydrogen-bond acceptors (Lipinski definition) is 2. The van der Waals surface area contributed by atoms with E-state index in [9.17, 15) is 4.79 Å². The van der Waals surface area contributed by atoms with E-state index < -0.39 is 12.0 Å². The Labute approximate surface area is 89.9 Å². The third-order valence-corrected chi connectivity index (χ3v) is 2.35. The van der Waals surface area contributed by atoms with Crippen LogP contribution in [0.4, 0.5) is 0 Å². The van der Waals surface area contributed by atoms with Crippen molar-refractivity contribution in [2.75, 3.05) is 0 Å². The predicted molar refractivity (Wildman–Crippen MR) is 58.7 cm³/mol. The van der Waals surface area contributed by atoms with Gasteiger partial charge in [-0.1, -0.05) is 6.92 Å². The Morgan fingerprint density at radius 3 is 3.00 bits per heavy atom. The smallest absolute Gasteiger partial charge is 0.320 e. The van der Waals surface area contributed by atoms with Crippen LogP contribution in [-0.4, -0.2) is 21.7 Å². The number of aliphatic carboxylic acids is 1. The van der Waals surface area contributed by atoms with Crippen molar-refractivity contribution >= 4 is 5.97 Å². The Kier molecular flexibility index (Phi) is 4.37. The molecule has 0 fully saturated rings. The van der Waals surface area contributed by atoms with Crippen molar-refractivity contribution in [3.8, 4) is 0 Å². The van der Waals surface area contributed by atoms with Crippen molar-refractivity contribution in [3.05, 3.63) is 24.0 Å². The van der Waals surface area contributed by atoms with Gasteiger partial charge >= 0.3 is 5.97 Å². The second-order valence-electron chi connectivity index (χ2n) is 3.63. The van der Waals surface area contributed by atoms with E-state index in [1.807, 2.05) is 18.3 Å². The molecule has 15 heavy (non-hydrogen) atoms. The molecule has 1 aromatic heterocycles. The summed E-state index contributed by atoms with van der Waals surface area (Å²) in [7, 11) is 0. The molecule has 0 aliphatic carbocycles. The zero-order valence-electron chi connectivity index (χ0n) is 9.23. The highest BCUT2D eigenvalue weighted by atomic mass is 16.4. The molecule has 0 amide bonds. The number of rotatable bonds is 6. The molecule has 0 bridgehead atoms. The zero-order valence-corrected chi connectivity index (χ0v) is 9.23. The van der Waals surface area contributed by atoms with Crippen LogP contribution >= 0.6 is 0 Å². The lowest BCUT2D eigenvalue weighted by Gasteiger charge is -2.11. The number of aromatic nitrogens is 1. The third kappa shape index (κ3) is 3.40. The first-order chi connectivity index (χ1) is 7.15. The molecule has 4 nitrogen and oxygen atoms in total. The molecule has 0 saturated heterocycles. The number of carbonyl (C=O) groups is 1. The minimum Gasteiger partial charge on any atom is -0.480 e. The Balaban J connectivity index is 2.49.